The topological polar surface area (TPSA) is 92.8 Å². The molecule has 3 N–H and O–H groups in total. The monoisotopic (exact) mass is 596 g/mol. The van der Waals surface area contributed by atoms with Crippen LogP contribution < -0.4 is 19.5 Å². The predicted octanol–water partition coefficient (Wildman–Crippen LogP) is 6.56. The molecule has 0 aliphatic heterocycles. The number of amides is 1. The molecule has 1 aliphatic carbocycles. The summed E-state index contributed by atoms with van der Waals surface area (Å²) in [6.45, 7) is 3.64. The van der Waals surface area contributed by atoms with E-state index >= 15 is 0 Å². The third-order valence-corrected chi connectivity index (χ3v) is 8.04. The molecule has 43 heavy (non-hydrogen) atoms. The molecule has 0 radical (unpaired) electrons. The highest BCUT2D eigenvalue weighted by molar-refractivity contribution is 5.98. The van der Waals surface area contributed by atoms with Crippen molar-refractivity contribution in [1.29, 1.82) is 0 Å². The second-order valence-corrected chi connectivity index (χ2v) is 11.3. The fourth-order valence-electron chi connectivity index (χ4n) is 5.71. The number of fused-ring (bicyclic) bond motifs is 3. The first-order chi connectivity index (χ1) is 20.5. The number of hydrogen-bond donors (Lipinski definition) is 3. The molecule has 0 bridgehead atoms. The van der Waals surface area contributed by atoms with Gasteiger partial charge in [-0.15, -0.1) is 0 Å². The molecule has 0 fully saturated rings. The Morgan fingerprint density at radius 3 is 2.35 bits per heavy atom. The highest BCUT2D eigenvalue weighted by Gasteiger charge is 2.37. The number of aryl methyl sites for hydroxylation is 1. The minimum absolute atomic E-state index is 0.134. The van der Waals surface area contributed by atoms with Crippen LogP contribution in [0.2, 0.25) is 0 Å². The Morgan fingerprint density at radius 2 is 1.70 bits per heavy atom. The number of methoxy groups -OCH3 is 2. The zero-order valence-corrected chi connectivity index (χ0v) is 24.5. The van der Waals surface area contributed by atoms with Gasteiger partial charge in [0.1, 0.15) is 5.75 Å². The lowest BCUT2D eigenvalue weighted by molar-refractivity contribution is -0.137. The van der Waals surface area contributed by atoms with Gasteiger partial charge in [-0.25, -0.2) is 0 Å². The van der Waals surface area contributed by atoms with Crippen LogP contribution in [-0.2, 0) is 19.0 Å². The number of aliphatic hydroxyl groups is 1. The predicted molar refractivity (Wildman–Crippen MR) is 158 cm³/mol. The van der Waals surface area contributed by atoms with Gasteiger partial charge in [0.2, 0.25) is 0 Å². The van der Waals surface area contributed by atoms with E-state index in [0.29, 0.717) is 53.0 Å². The Labute approximate surface area is 248 Å². The molecule has 1 amide bonds. The van der Waals surface area contributed by atoms with Gasteiger partial charge < -0.3 is 29.6 Å². The van der Waals surface area contributed by atoms with Crippen LogP contribution in [0.15, 0.2) is 54.6 Å². The third-order valence-electron chi connectivity index (χ3n) is 8.04. The second-order valence-electron chi connectivity index (χ2n) is 11.3. The first kappa shape index (κ1) is 30.3. The summed E-state index contributed by atoms with van der Waals surface area (Å²) >= 11 is 0. The molecule has 228 valence electrons. The van der Waals surface area contributed by atoms with E-state index in [9.17, 15) is 23.1 Å². The number of aliphatic hydroxyl groups excluding tert-OH is 1. The molecule has 5 rings (SSSR count). The summed E-state index contributed by atoms with van der Waals surface area (Å²) in [6.07, 6.45) is -3.23. The maximum Gasteiger partial charge on any atom is 0.416 e. The van der Waals surface area contributed by atoms with Gasteiger partial charge in [-0.3, -0.25) is 4.79 Å². The van der Waals surface area contributed by atoms with Gasteiger partial charge in [0.25, 0.3) is 5.91 Å². The van der Waals surface area contributed by atoms with E-state index in [1.807, 2.05) is 32.0 Å². The maximum absolute atomic E-state index is 13.7. The van der Waals surface area contributed by atoms with Crippen molar-refractivity contribution in [2.75, 3.05) is 27.4 Å². The molecule has 0 saturated carbocycles. The minimum atomic E-state index is -4.46. The molecule has 1 unspecified atom stereocenters. The molecule has 0 saturated heterocycles. The van der Waals surface area contributed by atoms with Crippen LogP contribution >= 0.6 is 0 Å². The minimum Gasteiger partial charge on any atom is -0.493 e. The summed E-state index contributed by atoms with van der Waals surface area (Å²) in [5.41, 5.74) is 2.67. The molecule has 4 aromatic rings. The molecule has 7 nitrogen and oxygen atoms in total. The number of nitrogens with one attached hydrogen (secondary N) is 2. The Balaban J connectivity index is 1.42. The molecule has 1 atom stereocenters. The fraction of sp³-hybridized carbons (Fsp3) is 0.364. The van der Waals surface area contributed by atoms with Crippen LogP contribution in [0.5, 0.6) is 17.2 Å². The van der Waals surface area contributed by atoms with Crippen molar-refractivity contribution in [2.45, 2.75) is 45.4 Å². The van der Waals surface area contributed by atoms with Crippen molar-refractivity contribution < 1.29 is 37.3 Å². The molecule has 0 spiro atoms. The lowest BCUT2D eigenvalue weighted by Gasteiger charge is -2.36. The first-order valence-corrected chi connectivity index (χ1v) is 14.1. The largest absolute Gasteiger partial charge is 0.493 e. The number of carbonyl (C=O) groups excluding carboxylic acids is 1. The van der Waals surface area contributed by atoms with Crippen LogP contribution in [0.3, 0.4) is 0 Å². The van der Waals surface area contributed by atoms with Crippen molar-refractivity contribution in [1.82, 2.24) is 10.3 Å². The first-order valence-electron chi connectivity index (χ1n) is 14.1. The van der Waals surface area contributed by atoms with Crippen LogP contribution in [0.25, 0.3) is 22.0 Å². The maximum atomic E-state index is 13.7. The average Bonchev–Trinajstić information content (AvgIpc) is 3.36. The lowest BCUT2D eigenvalue weighted by atomic mass is 9.73. The van der Waals surface area contributed by atoms with E-state index < -0.39 is 17.2 Å². The molecular weight excluding hydrogens is 561 g/mol. The third kappa shape index (κ3) is 6.15. The van der Waals surface area contributed by atoms with E-state index in [1.165, 1.54) is 6.07 Å². The van der Waals surface area contributed by atoms with Gasteiger partial charge >= 0.3 is 6.18 Å². The quantitative estimate of drug-likeness (QED) is 0.204. The number of halogens is 3. The Morgan fingerprint density at radius 1 is 1.00 bits per heavy atom. The number of rotatable bonds is 9. The number of aromatic amines is 1. The summed E-state index contributed by atoms with van der Waals surface area (Å²) in [5.74, 6) is 1.17. The standard InChI is InChI=1S/C33H35F3N2O5/c1-19(2)43-28-9-5-20(21-6-10-29(41-3)30(14-21)42-4)13-24(28)31(40)37-17-32(18-39)12-11-27-25(16-32)23-15-22(33(34,35)36)7-8-26(23)38-27/h5-10,13-15,19,38-39H,11-12,16-18H2,1-4H3,(H,37,40). The van der Waals surface area contributed by atoms with E-state index in [1.54, 1.807) is 32.4 Å². The smallest absolute Gasteiger partial charge is 0.416 e. The van der Waals surface area contributed by atoms with Gasteiger partial charge in [0, 0.05) is 28.6 Å². The lowest BCUT2D eigenvalue weighted by Crippen LogP contribution is -2.43. The zero-order valence-electron chi connectivity index (χ0n) is 24.5. The number of alkyl halides is 3. The molecule has 1 heterocycles. The number of carbonyl (C=O) groups is 1. The van der Waals surface area contributed by atoms with E-state index in [4.69, 9.17) is 14.2 Å². The Kier molecular flexibility index (Phi) is 8.34. The van der Waals surface area contributed by atoms with Gasteiger partial charge in [0.15, 0.2) is 11.5 Å². The number of ether oxygens (including phenoxy) is 3. The highest BCUT2D eigenvalue weighted by Crippen LogP contribution is 2.41. The average molecular weight is 597 g/mol. The molecule has 10 heteroatoms. The van der Waals surface area contributed by atoms with Gasteiger partial charge in [0.05, 0.1) is 38.1 Å². The van der Waals surface area contributed by atoms with Crippen molar-refractivity contribution >= 4 is 16.8 Å². The Hall–Kier alpha value is -4.18. The van der Waals surface area contributed by atoms with Gasteiger partial charge in [-0.2, -0.15) is 13.2 Å². The number of benzene rings is 3. The van der Waals surface area contributed by atoms with Crippen LogP contribution in [0.1, 0.15) is 47.4 Å². The summed E-state index contributed by atoms with van der Waals surface area (Å²) in [5, 5.41) is 14.0. The number of hydrogen-bond acceptors (Lipinski definition) is 5. The SMILES string of the molecule is COc1ccc(-c2ccc(OC(C)C)c(C(=O)NCC3(CO)CCc4[nH]c5ccc(C(F)(F)F)cc5c4C3)c2)cc1OC. The van der Waals surface area contributed by atoms with E-state index in [0.717, 1.165) is 34.5 Å². The van der Waals surface area contributed by atoms with Crippen LogP contribution in [0, 0.1) is 5.41 Å². The van der Waals surface area contributed by atoms with Crippen molar-refractivity contribution in [3.05, 3.63) is 77.0 Å². The molecule has 1 aliphatic rings. The van der Waals surface area contributed by atoms with Crippen LogP contribution in [0.4, 0.5) is 13.2 Å². The van der Waals surface area contributed by atoms with E-state index in [2.05, 4.69) is 10.3 Å². The summed E-state index contributed by atoms with van der Waals surface area (Å²) in [4.78, 5) is 16.9. The van der Waals surface area contributed by atoms with Gasteiger partial charge in [-0.05, 0) is 92.3 Å². The Bertz CT molecular complexity index is 1650. The van der Waals surface area contributed by atoms with E-state index in [-0.39, 0.29) is 25.2 Å². The fourth-order valence-corrected chi connectivity index (χ4v) is 5.71. The summed E-state index contributed by atoms with van der Waals surface area (Å²) in [6, 6.07) is 14.5. The zero-order chi connectivity index (χ0) is 30.9. The normalized spacial score (nSPS) is 16.7. The molecular formula is C33H35F3N2O5. The molecule has 3 aromatic carbocycles. The van der Waals surface area contributed by atoms with Gasteiger partial charge in [-0.1, -0.05) is 12.1 Å². The number of aromatic nitrogens is 1. The summed E-state index contributed by atoms with van der Waals surface area (Å²) < 4.78 is 57.1. The van der Waals surface area contributed by atoms with Crippen LogP contribution in [-0.4, -0.2) is 49.5 Å². The summed E-state index contributed by atoms with van der Waals surface area (Å²) in [7, 11) is 3.11. The number of H-pyrrole nitrogens is 1. The second kappa shape index (κ2) is 11.8. The van der Waals surface area contributed by atoms with Crippen molar-refractivity contribution in [2.24, 2.45) is 5.41 Å². The molecule has 1 aromatic heterocycles. The van der Waals surface area contributed by atoms with Crippen molar-refractivity contribution in [3.63, 3.8) is 0 Å². The van der Waals surface area contributed by atoms with Crippen molar-refractivity contribution in [3.8, 4) is 28.4 Å². The highest BCUT2D eigenvalue weighted by atomic mass is 19.4.